The number of halogens is 3. The molecule has 0 bridgehead atoms. The van der Waals surface area contributed by atoms with Crippen LogP contribution in [0.15, 0.2) is 62.0 Å². The molecule has 1 unspecified atom stereocenters. The number of aliphatic hydroxyl groups excluding tert-OH is 1. The molecule has 0 aliphatic carbocycles. The summed E-state index contributed by atoms with van der Waals surface area (Å²) in [4.78, 5) is 12.7. The van der Waals surface area contributed by atoms with Gasteiger partial charge in [-0.15, -0.1) is 13.2 Å². The quantitative estimate of drug-likeness (QED) is 0.129. The van der Waals surface area contributed by atoms with E-state index in [1.54, 1.807) is 24.2 Å². The molecule has 0 spiro atoms. The molecule has 4 aromatic rings. The summed E-state index contributed by atoms with van der Waals surface area (Å²) >= 11 is 0. The van der Waals surface area contributed by atoms with Crippen molar-refractivity contribution in [3.8, 4) is 17.0 Å². The van der Waals surface area contributed by atoms with Crippen LogP contribution in [-0.4, -0.2) is 71.4 Å². The van der Waals surface area contributed by atoms with E-state index in [9.17, 15) is 18.3 Å². The largest absolute Gasteiger partial charge is 0.573 e. The average molecular weight is 608 g/mol. The van der Waals surface area contributed by atoms with Crippen molar-refractivity contribution in [2.75, 3.05) is 49.8 Å². The number of aliphatic hydroxyl groups is 1. The molecule has 9 nitrogen and oxygen atoms in total. The Bertz CT molecular complexity index is 1680. The highest BCUT2D eigenvalue weighted by Gasteiger charge is 2.33. The summed E-state index contributed by atoms with van der Waals surface area (Å²) in [5, 5.41) is 17.1. The minimum Gasteiger partial charge on any atom is -0.403 e. The number of alkyl halides is 3. The molecule has 0 radical (unpaired) electrons. The summed E-state index contributed by atoms with van der Waals surface area (Å²) in [6.07, 6.45) is 2.62. The smallest absolute Gasteiger partial charge is 0.403 e. The molecule has 232 valence electrons. The lowest BCUT2D eigenvalue weighted by Crippen LogP contribution is -2.30. The first-order valence-corrected chi connectivity index (χ1v) is 14.2. The molecule has 12 heteroatoms. The molecular weight excluding hydrogens is 571 g/mol. The highest BCUT2D eigenvalue weighted by atomic mass is 19.4. The molecule has 3 heterocycles. The molecule has 1 aliphatic rings. The highest BCUT2D eigenvalue weighted by Crippen LogP contribution is 2.41. The van der Waals surface area contributed by atoms with Gasteiger partial charge in [0.15, 0.2) is 5.75 Å². The third kappa shape index (κ3) is 6.66. The molecule has 1 atom stereocenters. The molecule has 5 rings (SSSR count). The number of ether oxygens (including phenoxy) is 1. The second-order valence-electron chi connectivity index (χ2n) is 10.9. The van der Waals surface area contributed by atoms with Gasteiger partial charge in [-0.1, -0.05) is 31.4 Å². The molecule has 0 fully saturated rings. The average Bonchev–Trinajstić information content (AvgIpc) is 3.37. The second kappa shape index (κ2) is 12.6. The predicted octanol–water partition coefficient (Wildman–Crippen LogP) is 6.24. The van der Waals surface area contributed by atoms with Crippen molar-refractivity contribution in [1.29, 1.82) is 0 Å². The first-order valence-electron chi connectivity index (χ1n) is 14.2. The summed E-state index contributed by atoms with van der Waals surface area (Å²) in [6.45, 7) is 9.56. The Morgan fingerprint density at radius 1 is 1.14 bits per heavy atom. The van der Waals surface area contributed by atoms with Crippen molar-refractivity contribution in [2.45, 2.75) is 32.0 Å². The van der Waals surface area contributed by atoms with E-state index in [0.29, 0.717) is 30.2 Å². The lowest BCUT2D eigenvalue weighted by Gasteiger charge is -2.27. The van der Waals surface area contributed by atoms with Gasteiger partial charge in [-0.2, -0.15) is 0 Å². The molecule has 1 aliphatic heterocycles. The lowest BCUT2D eigenvalue weighted by molar-refractivity contribution is -0.274. The van der Waals surface area contributed by atoms with Crippen LogP contribution in [0.5, 0.6) is 5.75 Å². The fourth-order valence-corrected chi connectivity index (χ4v) is 5.43. The van der Waals surface area contributed by atoms with Gasteiger partial charge in [0.25, 0.3) is 0 Å². The summed E-state index contributed by atoms with van der Waals surface area (Å²) < 4.78 is 47.5. The molecule has 0 saturated heterocycles. The SMILES string of the molecule is C=Cc1ccc2c(-c3ccnc(Nc4cc(NC(O)C=C)c(N(C)CCN(C)C)cc4OC(F)(F)F)n3)cn3c2c1CCC3. The number of hydrogen-bond donors (Lipinski definition) is 3. The van der Waals surface area contributed by atoms with Gasteiger partial charge in [-0.3, -0.25) is 0 Å². The third-order valence-corrected chi connectivity index (χ3v) is 7.55. The van der Waals surface area contributed by atoms with Crippen molar-refractivity contribution >= 4 is 40.0 Å². The first-order chi connectivity index (χ1) is 21.0. The number of benzene rings is 2. The Hall–Kier alpha value is -4.55. The molecular formula is C32H36F3N7O2. The zero-order chi connectivity index (χ0) is 31.6. The molecule has 2 aromatic heterocycles. The van der Waals surface area contributed by atoms with Gasteiger partial charge in [-0.05, 0) is 56.3 Å². The minimum atomic E-state index is -4.95. The highest BCUT2D eigenvalue weighted by molar-refractivity contribution is 5.98. The van der Waals surface area contributed by atoms with Gasteiger partial charge in [0.2, 0.25) is 5.95 Å². The maximum absolute atomic E-state index is 13.6. The van der Waals surface area contributed by atoms with Crippen LogP contribution in [-0.2, 0) is 13.0 Å². The van der Waals surface area contributed by atoms with E-state index in [0.717, 1.165) is 41.4 Å². The summed E-state index contributed by atoms with van der Waals surface area (Å²) in [6, 6.07) is 8.57. The maximum atomic E-state index is 13.6. The van der Waals surface area contributed by atoms with Crippen molar-refractivity contribution in [3.05, 3.63) is 73.1 Å². The molecule has 44 heavy (non-hydrogen) atoms. The van der Waals surface area contributed by atoms with Gasteiger partial charge in [-0.25, -0.2) is 9.97 Å². The van der Waals surface area contributed by atoms with Crippen LogP contribution in [0.1, 0.15) is 17.5 Å². The number of aromatic nitrogens is 3. The van der Waals surface area contributed by atoms with Crippen molar-refractivity contribution in [3.63, 3.8) is 0 Å². The molecule has 2 aromatic carbocycles. The van der Waals surface area contributed by atoms with Crippen LogP contribution in [0.3, 0.4) is 0 Å². The van der Waals surface area contributed by atoms with Gasteiger partial charge >= 0.3 is 6.36 Å². The normalized spacial score (nSPS) is 13.5. The lowest BCUT2D eigenvalue weighted by atomic mass is 9.96. The molecule has 0 saturated carbocycles. The monoisotopic (exact) mass is 607 g/mol. The number of nitrogens with zero attached hydrogens (tertiary/aromatic N) is 5. The topological polar surface area (TPSA) is 90.7 Å². The van der Waals surface area contributed by atoms with Crippen LogP contribution in [0, 0.1) is 0 Å². The van der Waals surface area contributed by atoms with E-state index in [1.807, 2.05) is 37.2 Å². The van der Waals surface area contributed by atoms with Gasteiger partial charge in [0.1, 0.15) is 6.23 Å². The van der Waals surface area contributed by atoms with Gasteiger partial charge in [0.05, 0.1) is 28.3 Å². The number of anilines is 4. The second-order valence-corrected chi connectivity index (χ2v) is 10.9. The fraction of sp³-hybridized carbons (Fsp3) is 0.312. The minimum absolute atomic E-state index is 0.0405. The molecule has 0 amide bonds. The number of hydrogen-bond acceptors (Lipinski definition) is 8. The van der Waals surface area contributed by atoms with E-state index >= 15 is 0 Å². The first kappa shape index (κ1) is 30.9. The molecule has 3 N–H and O–H groups in total. The summed E-state index contributed by atoms with van der Waals surface area (Å²) in [5.41, 5.74) is 5.71. The Morgan fingerprint density at radius 2 is 1.93 bits per heavy atom. The van der Waals surface area contributed by atoms with E-state index in [2.05, 4.69) is 49.3 Å². The Kier molecular flexibility index (Phi) is 8.84. The summed E-state index contributed by atoms with van der Waals surface area (Å²) in [5.74, 6) is -0.391. The standard InChI is InChI=1S/C32H36F3N7O2/c1-6-20-10-11-22-23(19-42-14-8-9-21(20)30(22)42)24-12-13-36-31(38-24)39-26-17-25(37-29(43)7-2)27(41(5)16-15-40(3)4)18-28(26)44-32(33,34)35/h6-7,10-13,17-19,29,37,43H,1-2,8-9,14-16H2,3-5H3,(H,36,38,39). The Morgan fingerprint density at radius 3 is 2.64 bits per heavy atom. The number of aryl methyl sites for hydroxylation is 2. The van der Waals surface area contributed by atoms with Crippen LogP contribution < -0.4 is 20.3 Å². The van der Waals surface area contributed by atoms with E-state index in [-0.39, 0.29) is 11.6 Å². The summed E-state index contributed by atoms with van der Waals surface area (Å²) in [7, 11) is 5.55. The number of likely N-dealkylation sites (N-methyl/N-ethyl adjacent to an activating group) is 2. The Labute approximate surface area is 254 Å². The van der Waals surface area contributed by atoms with Gasteiger partial charge < -0.3 is 34.8 Å². The van der Waals surface area contributed by atoms with Crippen LogP contribution >= 0.6 is 0 Å². The van der Waals surface area contributed by atoms with Crippen molar-refractivity contribution in [2.24, 2.45) is 0 Å². The van der Waals surface area contributed by atoms with Crippen molar-refractivity contribution in [1.82, 2.24) is 19.4 Å². The van der Waals surface area contributed by atoms with Crippen LogP contribution in [0.25, 0.3) is 28.2 Å². The number of rotatable bonds is 12. The zero-order valence-corrected chi connectivity index (χ0v) is 24.9. The number of nitrogens with one attached hydrogen (secondary N) is 2. The van der Waals surface area contributed by atoms with Crippen LogP contribution in [0.2, 0.25) is 0 Å². The predicted molar refractivity (Wildman–Crippen MR) is 169 cm³/mol. The third-order valence-electron chi connectivity index (χ3n) is 7.55. The van der Waals surface area contributed by atoms with Gasteiger partial charge in [0, 0.05) is 56.1 Å². The van der Waals surface area contributed by atoms with Crippen molar-refractivity contribution < 1.29 is 23.0 Å². The maximum Gasteiger partial charge on any atom is 0.573 e. The van der Waals surface area contributed by atoms with E-state index < -0.39 is 18.3 Å². The van der Waals surface area contributed by atoms with E-state index in [1.165, 1.54) is 23.8 Å². The Balaban J connectivity index is 1.56. The van der Waals surface area contributed by atoms with Crippen LogP contribution in [0.4, 0.5) is 36.2 Å². The fourth-order valence-electron chi connectivity index (χ4n) is 5.43. The zero-order valence-electron chi connectivity index (χ0n) is 24.9. The van der Waals surface area contributed by atoms with E-state index in [4.69, 9.17) is 0 Å².